The summed E-state index contributed by atoms with van der Waals surface area (Å²) in [4.78, 5) is 28.0. The minimum Gasteiger partial charge on any atom is -0.507 e. The maximum absolute atomic E-state index is 14.0. The highest BCUT2D eigenvalue weighted by Gasteiger charge is 2.61. The minimum absolute atomic E-state index is 0.0683. The van der Waals surface area contributed by atoms with Gasteiger partial charge in [0.1, 0.15) is 23.0 Å². The fourth-order valence-corrected chi connectivity index (χ4v) is 8.08. The molecule has 344 valence electrons. The second kappa shape index (κ2) is 20.1. The molecule has 0 bridgehead atoms. The van der Waals surface area contributed by atoms with Crippen molar-refractivity contribution in [3.63, 3.8) is 0 Å². The molecule has 4 rings (SSSR count). The number of aryl methyl sites for hydroxylation is 2. The van der Waals surface area contributed by atoms with Crippen LogP contribution in [0.1, 0.15) is 157 Å². The van der Waals surface area contributed by atoms with Crippen molar-refractivity contribution in [2.45, 2.75) is 176 Å². The lowest BCUT2D eigenvalue weighted by Crippen LogP contribution is -2.68. The van der Waals surface area contributed by atoms with E-state index < -0.39 is 57.2 Å². The Kier molecular flexibility index (Phi) is 16.6. The first-order chi connectivity index (χ1) is 28.4. The highest BCUT2D eigenvalue weighted by molar-refractivity contribution is 5.74. The van der Waals surface area contributed by atoms with Crippen molar-refractivity contribution in [2.75, 3.05) is 33.0 Å². The summed E-state index contributed by atoms with van der Waals surface area (Å²) in [6.07, 6.45) is 3.06. The SMILES string of the molecule is CCCCc1cc(OC(=O)CCC2(CCC(=O)Oc3cc(CCCC)c(O)c(C(C)(C)C)c3)OC(C(C)(C)CO)OCC23COC(C(C)(C)CO)OC3)cc(C(C)(C)C)c1O. The van der Waals surface area contributed by atoms with Gasteiger partial charge in [-0.05, 0) is 84.7 Å². The normalized spacial score (nSPS) is 21.1. The highest BCUT2D eigenvalue weighted by atomic mass is 16.7. The molecule has 1 atom stereocenters. The van der Waals surface area contributed by atoms with Crippen molar-refractivity contribution in [3.8, 4) is 23.0 Å². The van der Waals surface area contributed by atoms with E-state index in [1.807, 2.05) is 69.2 Å². The molecular formula is C49H76O12. The van der Waals surface area contributed by atoms with Gasteiger partial charge in [-0.25, -0.2) is 0 Å². The molecule has 1 spiro atoms. The van der Waals surface area contributed by atoms with Gasteiger partial charge in [0.15, 0.2) is 12.6 Å². The van der Waals surface area contributed by atoms with E-state index in [2.05, 4.69) is 13.8 Å². The number of carbonyl (C=O) groups excluding carboxylic acids is 2. The monoisotopic (exact) mass is 857 g/mol. The third-order valence-corrected chi connectivity index (χ3v) is 12.4. The Morgan fingerprint density at radius 2 is 1.02 bits per heavy atom. The van der Waals surface area contributed by atoms with E-state index in [9.17, 15) is 30.0 Å². The first kappa shape index (κ1) is 50.4. The van der Waals surface area contributed by atoms with Crippen LogP contribution in [-0.4, -0.2) is 83.6 Å². The van der Waals surface area contributed by atoms with Crippen molar-refractivity contribution in [3.05, 3.63) is 46.5 Å². The smallest absolute Gasteiger partial charge is 0.311 e. The number of esters is 2. The molecule has 0 saturated carbocycles. The average Bonchev–Trinajstić information content (AvgIpc) is 3.19. The molecule has 0 aromatic heterocycles. The molecule has 2 heterocycles. The van der Waals surface area contributed by atoms with Gasteiger partial charge < -0.3 is 48.8 Å². The zero-order valence-corrected chi connectivity index (χ0v) is 39.1. The van der Waals surface area contributed by atoms with Crippen molar-refractivity contribution >= 4 is 11.9 Å². The van der Waals surface area contributed by atoms with Gasteiger partial charge in [-0.3, -0.25) is 9.59 Å². The lowest BCUT2D eigenvalue weighted by Gasteiger charge is -2.59. The van der Waals surface area contributed by atoms with E-state index in [1.165, 1.54) is 0 Å². The molecule has 2 aromatic carbocycles. The highest BCUT2D eigenvalue weighted by Crippen LogP contribution is 2.52. The van der Waals surface area contributed by atoms with Gasteiger partial charge in [0.2, 0.25) is 0 Å². The zero-order chi connectivity index (χ0) is 45.6. The van der Waals surface area contributed by atoms with E-state index >= 15 is 0 Å². The van der Waals surface area contributed by atoms with Gasteiger partial charge in [0.05, 0.1) is 44.1 Å². The fraction of sp³-hybridized carbons (Fsp3) is 0.714. The Morgan fingerprint density at radius 1 is 0.639 bits per heavy atom. The fourth-order valence-electron chi connectivity index (χ4n) is 8.08. The summed E-state index contributed by atoms with van der Waals surface area (Å²) in [5, 5.41) is 43.0. The molecule has 1 unspecified atom stereocenters. The van der Waals surface area contributed by atoms with Crippen LogP contribution in [0.5, 0.6) is 23.0 Å². The Morgan fingerprint density at radius 3 is 1.38 bits per heavy atom. The third-order valence-electron chi connectivity index (χ3n) is 12.4. The van der Waals surface area contributed by atoms with Crippen LogP contribution in [0.3, 0.4) is 0 Å². The van der Waals surface area contributed by atoms with Gasteiger partial charge >= 0.3 is 11.9 Å². The molecule has 0 radical (unpaired) electrons. The van der Waals surface area contributed by atoms with Crippen LogP contribution in [0.2, 0.25) is 0 Å². The first-order valence-corrected chi connectivity index (χ1v) is 22.3. The molecule has 2 fully saturated rings. The van der Waals surface area contributed by atoms with Crippen molar-refractivity contribution in [1.82, 2.24) is 0 Å². The number of hydrogen-bond donors (Lipinski definition) is 4. The van der Waals surface area contributed by atoms with Gasteiger partial charge in [-0.1, -0.05) is 95.9 Å². The molecule has 12 nitrogen and oxygen atoms in total. The second-order valence-corrected chi connectivity index (χ2v) is 20.9. The van der Waals surface area contributed by atoms with Crippen LogP contribution in [0, 0.1) is 16.2 Å². The number of hydrogen-bond acceptors (Lipinski definition) is 12. The molecule has 2 aromatic rings. The molecule has 0 aliphatic carbocycles. The number of phenols is 2. The van der Waals surface area contributed by atoms with Gasteiger partial charge in [0, 0.05) is 34.8 Å². The zero-order valence-electron chi connectivity index (χ0n) is 39.1. The molecule has 2 aliphatic rings. The van der Waals surface area contributed by atoms with E-state index in [1.54, 1.807) is 24.3 Å². The molecule has 2 saturated heterocycles. The maximum Gasteiger partial charge on any atom is 0.311 e. The number of unbranched alkanes of at least 4 members (excludes halogenated alkanes) is 2. The lowest BCUT2D eigenvalue weighted by atomic mass is 9.66. The average molecular weight is 857 g/mol. The predicted molar refractivity (Wildman–Crippen MR) is 234 cm³/mol. The number of aliphatic hydroxyl groups excluding tert-OH is 2. The third kappa shape index (κ3) is 12.1. The molecule has 0 amide bonds. The summed E-state index contributed by atoms with van der Waals surface area (Å²) in [6, 6.07) is 6.89. The number of aliphatic hydroxyl groups is 2. The summed E-state index contributed by atoms with van der Waals surface area (Å²) in [5.41, 5.74) is -1.99. The van der Waals surface area contributed by atoms with E-state index in [-0.39, 0.29) is 70.2 Å². The Bertz CT molecular complexity index is 1690. The molecule has 12 heteroatoms. The largest absolute Gasteiger partial charge is 0.507 e. The van der Waals surface area contributed by atoms with Crippen LogP contribution >= 0.6 is 0 Å². The topological polar surface area (TPSA) is 170 Å². The maximum atomic E-state index is 14.0. The summed E-state index contributed by atoms with van der Waals surface area (Å²) < 4.78 is 38.2. The molecular weight excluding hydrogens is 781 g/mol. The van der Waals surface area contributed by atoms with Gasteiger partial charge in [0.25, 0.3) is 0 Å². The Hall–Kier alpha value is -3.26. The Labute approximate surface area is 364 Å². The quantitative estimate of drug-likeness (QED) is 0.0831. The van der Waals surface area contributed by atoms with Crippen molar-refractivity contribution < 1.29 is 58.4 Å². The summed E-state index contributed by atoms with van der Waals surface area (Å²) in [5.74, 6) is 0.0127. The first-order valence-electron chi connectivity index (χ1n) is 22.3. The molecule has 61 heavy (non-hydrogen) atoms. The minimum atomic E-state index is -1.30. The number of rotatable bonds is 18. The van der Waals surface area contributed by atoms with Crippen LogP contribution in [0.25, 0.3) is 0 Å². The number of ether oxygens (including phenoxy) is 6. The van der Waals surface area contributed by atoms with E-state index in [0.717, 1.165) is 25.7 Å². The summed E-state index contributed by atoms with van der Waals surface area (Å²) in [6.45, 7) is 23.2. The number of phenolic OH excluding ortho intramolecular Hbond substituents is 2. The van der Waals surface area contributed by atoms with Crippen LogP contribution in [-0.2, 0) is 52.2 Å². The predicted octanol–water partition coefficient (Wildman–Crippen LogP) is 8.96. The van der Waals surface area contributed by atoms with Gasteiger partial charge in [-0.2, -0.15) is 0 Å². The number of aromatic hydroxyl groups is 2. The summed E-state index contributed by atoms with van der Waals surface area (Å²) in [7, 11) is 0. The number of benzene rings is 2. The second-order valence-electron chi connectivity index (χ2n) is 20.9. The van der Waals surface area contributed by atoms with Crippen LogP contribution in [0.15, 0.2) is 24.3 Å². The van der Waals surface area contributed by atoms with E-state index in [4.69, 9.17) is 28.4 Å². The van der Waals surface area contributed by atoms with E-state index in [0.29, 0.717) is 46.6 Å². The van der Waals surface area contributed by atoms with Crippen molar-refractivity contribution in [2.24, 2.45) is 16.2 Å². The van der Waals surface area contributed by atoms with Crippen LogP contribution < -0.4 is 9.47 Å². The summed E-state index contributed by atoms with van der Waals surface area (Å²) >= 11 is 0. The Balaban J connectivity index is 1.73. The standard InChI is InChI=1S/C49H76O12/c1-13-15-17-32-23-34(25-36(40(32)54)44(3,4)5)59-38(52)19-21-49(22-20-39(53)60-35-24-33(18-16-14-2)41(55)37(26-35)45(6,7)8)48(31-58-43(61-49)47(11,12)28-51)29-56-42(57-30-48)46(9,10)27-50/h23-26,42-43,50-51,54-55H,13-22,27-31H2,1-12H3. The number of carbonyl (C=O) groups is 2. The molecule has 2 aliphatic heterocycles. The molecule has 4 N–H and O–H groups in total. The van der Waals surface area contributed by atoms with Crippen LogP contribution in [0.4, 0.5) is 0 Å². The van der Waals surface area contributed by atoms with Gasteiger partial charge in [-0.15, -0.1) is 0 Å². The van der Waals surface area contributed by atoms with Crippen molar-refractivity contribution in [1.29, 1.82) is 0 Å². The lowest BCUT2D eigenvalue weighted by molar-refractivity contribution is -0.393.